The molecule has 0 spiro atoms. The smallest absolute Gasteiger partial charge is 0.305 e. The molecule has 0 rings (SSSR count). The number of rotatable bonds is 65. The maximum Gasteiger partial charge on any atom is 0.305 e. The average Bonchev–Trinajstić information content (AvgIpc) is 3.40. The molecule has 442 valence electrons. The second-order valence-electron chi connectivity index (χ2n) is 23.9. The molecule has 0 saturated carbocycles. The molecule has 6 heteroatoms. The molecule has 0 radical (unpaired) electrons. The molecular weight excluding hydrogens is 911 g/mol. The van der Waals surface area contributed by atoms with E-state index in [9.17, 15) is 19.8 Å². The Hall–Kier alpha value is -1.14. The Morgan fingerprint density at radius 2 is 0.554 bits per heavy atom. The highest BCUT2D eigenvalue weighted by molar-refractivity contribution is 5.76. The molecule has 2 unspecified atom stereocenters. The summed E-state index contributed by atoms with van der Waals surface area (Å²) in [5, 5.41) is 23.4. The van der Waals surface area contributed by atoms with Crippen LogP contribution in [0.1, 0.15) is 399 Å². The van der Waals surface area contributed by atoms with Crippen LogP contribution >= 0.6 is 0 Å². The van der Waals surface area contributed by atoms with E-state index in [-0.39, 0.29) is 18.5 Å². The maximum atomic E-state index is 12.5. The van der Waals surface area contributed by atoms with E-state index in [0.717, 1.165) is 38.5 Å². The third kappa shape index (κ3) is 60.1. The highest BCUT2D eigenvalue weighted by Gasteiger charge is 2.20. The van der Waals surface area contributed by atoms with E-state index in [1.54, 1.807) is 0 Å². The van der Waals surface area contributed by atoms with Crippen LogP contribution < -0.4 is 5.32 Å². The fraction of sp³-hybridized carbons (Fsp3) is 0.971. The van der Waals surface area contributed by atoms with Gasteiger partial charge in [0.1, 0.15) is 0 Å². The summed E-state index contributed by atoms with van der Waals surface area (Å²) in [7, 11) is 0. The van der Waals surface area contributed by atoms with Crippen molar-refractivity contribution < 1.29 is 24.5 Å². The van der Waals surface area contributed by atoms with Crippen LogP contribution in [0, 0.1) is 0 Å². The SMILES string of the molecule is CCCCCCCCCCCCCCCCCCCCCCCCCCC(O)C(CO)NC(=O)CCCCCCCCCCCCCCCCCCCCCOC(=O)CCCCCCCCCCCCCCCC. The van der Waals surface area contributed by atoms with Crippen molar-refractivity contribution in [1.82, 2.24) is 5.32 Å². The van der Waals surface area contributed by atoms with Gasteiger partial charge in [-0.05, 0) is 25.7 Å². The molecule has 2 atom stereocenters. The molecule has 0 aliphatic heterocycles. The highest BCUT2D eigenvalue weighted by Crippen LogP contribution is 2.19. The summed E-state index contributed by atoms with van der Waals surface area (Å²) < 4.78 is 5.49. The van der Waals surface area contributed by atoms with Gasteiger partial charge in [-0.15, -0.1) is 0 Å². The van der Waals surface area contributed by atoms with E-state index >= 15 is 0 Å². The number of aliphatic hydroxyl groups is 2. The van der Waals surface area contributed by atoms with E-state index in [1.807, 2.05) is 0 Å². The van der Waals surface area contributed by atoms with Crippen molar-refractivity contribution >= 4 is 11.9 Å². The van der Waals surface area contributed by atoms with Crippen molar-refractivity contribution in [2.45, 2.75) is 411 Å². The minimum Gasteiger partial charge on any atom is -0.466 e. The first-order valence-corrected chi connectivity index (χ1v) is 34.3. The lowest BCUT2D eigenvalue weighted by atomic mass is 10.0. The lowest BCUT2D eigenvalue weighted by Gasteiger charge is -2.22. The summed E-state index contributed by atoms with van der Waals surface area (Å²) in [6.45, 7) is 5.00. The Morgan fingerprint density at radius 3 is 0.824 bits per heavy atom. The van der Waals surface area contributed by atoms with Gasteiger partial charge in [-0.2, -0.15) is 0 Å². The summed E-state index contributed by atoms with van der Waals surface area (Å²) in [4.78, 5) is 24.6. The van der Waals surface area contributed by atoms with Gasteiger partial charge in [-0.1, -0.05) is 361 Å². The van der Waals surface area contributed by atoms with E-state index in [4.69, 9.17) is 4.74 Å². The summed E-state index contributed by atoms with van der Waals surface area (Å²) in [5.74, 6) is -0.0191. The second-order valence-corrected chi connectivity index (χ2v) is 23.9. The zero-order valence-corrected chi connectivity index (χ0v) is 50.6. The number of aliphatic hydroxyl groups excluding tert-OH is 2. The van der Waals surface area contributed by atoms with Crippen LogP contribution in [0.15, 0.2) is 0 Å². The standard InChI is InChI=1S/C68H135NO5/c1-3-5-7-9-11-13-15-17-19-20-21-22-23-24-25-27-30-33-36-40-44-48-52-56-60-66(71)65(64-70)69-67(72)61-57-53-49-45-41-37-34-31-28-26-29-32-35-39-43-47-51-55-59-63-74-68(73)62-58-54-50-46-42-38-18-16-14-12-10-8-6-4-2/h65-66,70-71H,3-64H2,1-2H3,(H,69,72). The molecule has 6 nitrogen and oxygen atoms in total. The highest BCUT2D eigenvalue weighted by atomic mass is 16.5. The Labute approximate surface area is 464 Å². The van der Waals surface area contributed by atoms with Crippen molar-refractivity contribution in [3.63, 3.8) is 0 Å². The Morgan fingerprint density at radius 1 is 0.324 bits per heavy atom. The van der Waals surface area contributed by atoms with Crippen LogP contribution in [0.4, 0.5) is 0 Å². The lowest BCUT2D eigenvalue weighted by Crippen LogP contribution is -2.45. The Kier molecular flexibility index (Phi) is 63.4. The number of amides is 1. The van der Waals surface area contributed by atoms with Gasteiger partial charge in [0.25, 0.3) is 0 Å². The minimum absolute atomic E-state index is 0.0130. The molecule has 74 heavy (non-hydrogen) atoms. The van der Waals surface area contributed by atoms with E-state index in [2.05, 4.69) is 19.2 Å². The first-order valence-electron chi connectivity index (χ1n) is 34.3. The second kappa shape index (κ2) is 64.4. The van der Waals surface area contributed by atoms with Crippen LogP contribution in [0.3, 0.4) is 0 Å². The predicted molar refractivity (Wildman–Crippen MR) is 324 cm³/mol. The maximum absolute atomic E-state index is 12.5. The first kappa shape index (κ1) is 72.9. The third-order valence-corrected chi connectivity index (χ3v) is 16.4. The number of carbonyl (C=O) groups is 2. The van der Waals surface area contributed by atoms with Crippen LogP contribution in [-0.2, 0) is 14.3 Å². The molecule has 0 bridgehead atoms. The van der Waals surface area contributed by atoms with Crippen molar-refractivity contribution in [2.24, 2.45) is 0 Å². The number of unbranched alkanes of at least 4 members (excludes halogenated alkanes) is 54. The van der Waals surface area contributed by atoms with Gasteiger partial charge in [0, 0.05) is 12.8 Å². The Balaban J connectivity index is 3.38. The van der Waals surface area contributed by atoms with Crippen LogP contribution in [0.25, 0.3) is 0 Å². The van der Waals surface area contributed by atoms with Gasteiger partial charge < -0.3 is 20.3 Å². The van der Waals surface area contributed by atoms with Gasteiger partial charge in [0.15, 0.2) is 0 Å². The third-order valence-electron chi connectivity index (χ3n) is 16.4. The molecule has 0 aliphatic rings. The van der Waals surface area contributed by atoms with Gasteiger partial charge in [0.2, 0.25) is 5.91 Å². The first-order chi connectivity index (χ1) is 36.5. The molecule has 0 aliphatic carbocycles. The van der Waals surface area contributed by atoms with Crippen molar-refractivity contribution in [3.05, 3.63) is 0 Å². The van der Waals surface area contributed by atoms with Gasteiger partial charge in [0.05, 0.1) is 25.4 Å². The molecule has 1 amide bonds. The van der Waals surface area contributed by atoms with Gasteiger partial charge >= 0.3 is 5.97 Å². The molecule has 0 fully saturated rings. The molecule has 3 N–H and O–H groups in total. The van der Waals surface area contributed by atoms with E-state index < -0.39 is 12.1 Å². The summed E-state index contributed by atoms with van der Waals surface area (Å²) >= 11 is 0. The topological polar surface area (TPSA) is 95.9 Å². The molecule has 0 aromatic rings. The van der Waals surface area contributed by atoms with Crippen molar-refractivity contribution in [1.29, 1.82) is 0 Å². The molecule has 0 saturated heterocycles. The summed E-state index contributed by atoms with van der Waals surface area (Å²) in [5.41, 5.74) is 0. The number of esters is 1. The zero-order valence-electron chi connectivity index (χ0n) is 50.6. The zero-order chi connectivity index (χ0) is 53.6. The quantitative estimate of drug-likeness (QED) is 0.0417. The number of hydrogen-bond donors (Lipinski definition) is 3. The van der Waals surface area contributed by atoms with Gasteiger partial charge in [-0.3, -0.25) is 9.59 Å². The molecule has 0 aromatic heterocycles. The monoisotopic (exact) mass is 1050 g/mol. The number of carbonyl (C=O) groups excluding carboxylic acids is 2. The fourth-order valence-electron chi connectivity index (χ4n) is 11.2. The van der Waals surface area contributed by atoms with Crippen LogP contribution in [0.2, 0.25) is 0 Å². The van der Waals surface area contributed by atoms with Crippen LogP contribution in [-0.4, -0.2) is 47.4 Å². The molecule has 0 aromatic carbocycles. The minimum atomic E-state index is -0.667. The van der Waals surface area contributed by atoms with Crippen molar-refractivity contribution in [2.75, 3.05) is 13.2 Å². The van der Waals surface area contributed by atoms with Crippen LogP contribution in [0.5, 0.6) is 0 Å². The molecular formula is C68H135NO5. The summed E-state index contributed by atoms with van der Waals surface area (Å²) in [6.07, 6.45) is 77.0. The number of hydrogen-bond acceptors (Lipinski definition) is 5. The number of nitrogens with one attached hydrogen (secondary N) is 1. The summed E-state index contributed by atoms with van der Waals surface area (Å²) in [6, 6.07) is -0.544. The van der Waals surface area contributed by atoms with E-state index in [1.165, 1.54) is 327 Å². The Bertz CT molecular complexity index is 1070. The number of ether oxygens (including phenoxy) is 1. The molecule has 0 heterocycles. The van der Waals surface area contributed by atoms with Gasteiger partial charge in [-0.25, -0.2) is 0 Å². The van der Waals surface area contributed by atoms with Crippen molar-refractivity contribution in [3.8, 4) is 0 Å². The fourth-order valence-corrected chi connectivity index (χ4v) is 11.2. The lowest BCUT2D eigenvalue weighted by molar-refractivity contribution is -0.143. The average molecular weight is 1050 g/mol. The predicted octanol–water partition coefficient (Wildman–Crippen LogP) is 21.8. The normalized spacial score (nSPS) is 12.4. The largest absolute Gasteiger partial charge is 0.466 e. The van der Waals surface area contributed by atoms with E-state index in [0.29, 0.717) is 25.9 Å².